The maximum atomic E-state index is 15.0. The van der Waals surface area contributed by atoms with Crippen LogP contribution in [0.5, 0.6) is 0 Å². The van der Waals surface area contributed by atoms with Gasteiger partial charge in [-0.05, 0) is 58.0 Å². The monoisotopic (exact) mass is 498 g/mol. The Morgan fingerprint density at radius 2 is 1.80 bits per heavy atom. The van der Waals surface area contributed by atoms with Crippen molar-refractivity contribution in [2.75, 3.05) is 5.32 Å². The Labute approximate surface area is 204 Å². The van der Waals surface area contributed by atoms with E-state index in [0.717, 1.165) is 29.5 Å². The van der Waals surface area contributed by atoms with Gasteiger partial charge < -0.3 is 5.11 Å². The zero-order chi connectivity index (χ0) is 25.9. The third-order valence-electron chi connectivity index (χ3n) is 4.61. The highest BCUT2D eigenvalue weighted by atomic mass is 32.1. The number of nitrogens with zero attached hydrogens (tertiary/aromatic N) is 1. The van der Waals surface area contributed by atoms with Crippen molar-refractivity contribution >= 4 is 34.4 Å². The average molecular weight is 499 g/mol. The fourth-order valence-electron chi connectivity index (χ4n) is 2.84. The van der Waals surface area contributed by atoms with Crippen LogP contribution in [0.15, 0.2) is 41.3 Å². The van der Waals surface area contributed by atoms with Gasteiger partial charge in [0.2, 0.25) is 0 Å². The summed E-state index contributed by atoms with van der Waals surface area (Å²) >= 11 is 1.01. The van der Waals surface area contributed by atoms with Crippen LogP contribution in [0.1, 0.15) is 49.2 Å². The van der Waals surface area contributed by atoms with E-state index in [2.05, 4.69) is 22.1 Å². The number of aromatic nitrogens is 1. The predicted molar refractivity (Wildman–Crippen MR) is 129 cm³/mol. The average Bonchev–Trinajstić information content (AvgIpc) is 3.22. The van der Waals surface area contributed by atoms with E-state index in [1.54, 1.807) is 17.5 Å². The molecule has 0 radical (unpaired) electrons. The summed E-state index contributed by atoms with van der Waals surface area (Å²) in [7, 11) is 0. The van der Waals surface area contributed by atoms with Crippen molar-refractivity contribution in [1.29, 1.82) is 0 Å². The molecule has 1 amide bonds. The smallest absolute Gasteiger partial charge is 0.331 e. The topological polar surface area (TPSA) is 79.3 Å². The molecule has 1 heterocycles. The number of carboxylic acids is 1. The minimum absolute atomic E-state index is 0.0992. The molecule has 35 heavy (non-hydrogen) atoms. The molecule has 1 aromatic heterocycles. The lowest BCUT2D eigenvalue weighted by Crippen LogP contribution is -2.13. The molecule has 5 nitrogen and oxygen atoms in total. The van der Waals surface area contributed by atoms with E-state index in [9.17, 15) is 22.8 Å². The molecule has 180 valence electrons. The van der Waals surface area contributed by atoms with Crippen LogP contribution in [-0.4, -0.2) is 22.0 Å². The number of rotatable bonds is 5. The first-order chi connectivity index (χ1) is 16.4. The SMILES string of the molecule is C/C(=C\c1c(F)cc(C(=O)Nc2nc(-c3cccc(C#CC(C)(C)C)c3F)cs2)cc1F)C(=O)O. The molecule has 0 aliphatic heterocycles. The molecule has 0 aliphatic carbocycles. The summed E-state index contributed by atoms with van der Waals surface area (Å²) in [4.78, 5) is 27.6. The Hall–Kier alpha value is -3.90. The second-order valence-electron chi connectivity index (χ2n) is 8.65. The van der Waals surface area contributed by atoms with E-state index in [0.29, 0.717) is 0 Å². The largest absolute Gasteiger partial charge is 0.478 e. The van der Waals surface area contributed by atoms with E-state index >= 15 is 0 Å². The first-order valence-electron chi connectivity index (χ1n) is 10.4. The van der Waals surface area contributed by atoms with E-state index in [4.69, 9.17) is 5.11 Å². The lowest BCUT2D eigenvalue weighted by molar-refractivity contribution is -0.132. The first-order valence-corrected chi connectivity index (χ1v) is 11.2. The van der Waals surface area contributed by atoms with Crippen LogP contribution < -0.4 is 5.32 Å². The second kappa shape index (κ2) is 10.2. The van der Waals surface area contributed by atoms with Crippen LogP contribution in [0.2, 0.25) is 0 Å². The van der Waals surface area contributed by atoms with Crippen LogP contribution in [0, 0.1) is 34.7 Å². The van der Waals surface area contributed by atoms with Gasteiger partial charge in [-0.15, -0.1) is 11.3 Å². The number of aliphatic carboxylic acids is 1. The van der Waals surface area contributed by atoms with Gasteiger partial charge >= 0.3 is 5.97 Å². The van der Waals surface area contributed by atoms with Crippen LogP contribution >= 0.6 is 11.3 Å². The molecule has 0 fully saturated rings. The van der Waals surface area contributed by atoms with Gasteiger partial charge in [-0.2, -0.15) is 0 Å². The Kier molecular flexibility index (Phi) is 7.46. The summed E-state index contributed by atoms with van der Waals surface area (Å²) in [5.74, 6) is 0.919. The number of amides is 1. The number of hydrogen-bond donors (Lipinski definition) is 2. The molecule has 3 aromatic rings. The third kappa shape index (κ3) is 6.37. The lowest BCUT2D eigenvalue weighted by atomic mass is 9.97. The predicted octanol–water partition coefficient (Wildman–Crippen LogP) is 6.37. The maximum absolute atomic E-state index is 15.0. The summed E-state index contributed by atoms with van der Waals surface area (Å²) in [6, 6.07) is 6.34. The first kappa shape index (κ1) is 25.7. The van der Waals surface area contributed by atoms with Crippen LogP contribution in [-0.2, 0) is 4.79 Å². The van der Waals surface area contributed by atoms with E-state index < -0.39 is 34.9 Å². The fraction of sp³-hybridized carbons (Fsp3) is 0.192. The molecule has 0 unspecified atom stereocenters. The highest BCUT2D eigenvalue weighted by Gasteiger charge is 2.18. The molecule has 0 saturated heterocycles. The van der Waals surface area contributed by atoms with Crippen molar-refractivity contribution in [3.63, 3.8) is 0 Å². The van der Waals surface area contributed by atoms with Gasteiger partial charge in [0, 0.05) is 33.1 Å². The van der Waals surface area contributed by atoms with Crippen molar-refractivity contribution in [2.45, 2.75) is 27.7 Å². The molecule has 2 N–H and O–H groups in total. The summed E-state index contributed by atoms with van der Waals surface area (Å²) < 4.78 is 43.7. The number of nitrogens with one attached hydrogen (secondary N) is 1. The van der Waals surface area contributed by atoms with Gasteiger partial charge in [0.25, 0.3) is 5.91 Å². The summed E-state index contributed by atoms with van der Waals surface area (Å²) in [6.45, 7) is 6.93. The minimum atomic E-state index is -1.33. The standard InChI is InChI=1S/C26H21F3N2O3S/c1-14(24(33)34)10-18-19(27)11-16(12-20(18)28)23(32)31-25-30-21(13-35-25)17-7-5-6-15(22(17)29)8-9-26(2,3)4/h5-7,10-13H,1-4H3,(H,33,34)(H,30,31,32)/b14-10+. The molecule has 0 aliphatic rings. The highest BCUT2D eigenvalue weighted by molar-refractivity contribution is 7.14. The molecule has 9 heteroatoms. The van der Waals surface area contributed by atoms with Gasteiger partial charge in [0.15, 0.2) is 5.13 Å². The molecule has 0 bridgehead atoms. The van der Waals surface area contributed by atoms with Crippen LogP contribution in [0.25, 0.3) is 17.3 Å². The molecular weight excluding hydrogens is 477 g/mol. The molecular formula is C26H21F3N2O3S. The van der Waals surface area contributed by atoms with Crippen LogP contribution in [0.3, 0.4) is 0 Å². The fourth-order valence-corrected chi connectivity index (χ4v) is 3.54. The van der Waals surface area contributed by atoms with Gasteiger partial charge in [-0.25, -0.2) is 22.9 Å². The number of thiazole rings is 1. The molecule has 2 aromatic carbocycles. The zero-order valence-corrected chi connectivity index (χ0v) is 20.1. The van der Waals surface area contributed by atoms with Gasteiger partial charge in [-0.1, -0.05) is 17.9 Å². The zero-order valence-electron chi connectivity index (χ0n) is 19.3. The normalized spacial score (nSPS) is 11.6. The number of benzene rings is 2. The quantitative estimate of drug-likeness (QED) is 0.317. The molecule has 0 atom stereocenters. The maximum Gasteiger partial charge on any atom is 0.331 e. The molecule has 3 rings (SSSR count). The summed E-state index contributed by atoms with van der Waals surface area (Å²) in [6.07, 6.45) is 0.844. The number of carboxylic acid groups (broad SMARTS) is 1. The lowest BCUT2D eigenvalue weighted by Gasteiger charge is -2.07. The summed E-state index contributed by atoms with van der Waals surface area (Å²) in [5, 5.41) is 13.0. The third-order valence-corrected chi connectivity index (χ3v) is 5.37. The van der Waals surface area contributed by atoms with Crippen LogP contribution in [0.4, 0.5) is 18.3 Å². The van der Waals surface area contributed by atoms with Gasteiger partial charge in [0.05, 0.1) is 11.3 Å². The Balaban J connectivity index is 1.84. The summed E-state index contributed by atoms with van der Waals surface area (Å²) in [5.41, 5.74) is -0.780. The Morgan fingerprint density at radius 3 is 2.40 bits per heavy atom. The van der Waals surface area contributed by atoms with Gasteiger partial charge in [-0.3, -0.25) is 10.1 Å². The number of halogens is 3. The van der Waals surface area contributed by atoms with Crippen molar-refractivity contribution in [3.05, 3.63) is 75.4 Å². The Bertz CT molecular complexity index is 1390. The Morgan fingerprint density at radius 1 is 1.14 bits per heavy atom. The number of carbonyl (C=O) groups is 2. The molecule has 0 spiro atoms. The number of carbonyl (C=O) groups excluding carboxylic acids is 1. The van der Waals surface area contributed by atoms with E-state index in [1.807, 2.05) is 20.8 Å². The molecule has 0 saturated carbocycles. The van der Waals surface area contributed by atoms with Crippen molar-refractivity contribution in [3.8, 4) is 23.1 Å². The minimum Gasteiger partial charge on any atom is -0.478 e. The number of anilines is 1. The highest BCUT2D eigenvalue weighted by Crippen LogP contribution is 2.29. The van der Waals surface area contributed by atoms with Crippen molar-refractivity contribution < 1.29 is 27.9 Å². The number of hydrogen-bond acceptors (Lipinski definition) is 4. The second-order valence-corrected chi connectivity index (χ2v) is 9.50. The van der Waals surface area contributed by atoms with Crippen molar-refractivity contribution in [2.24, 2.45) is 5.41 Å². The van der Waals surface area contributed by atoms with E-state index in [1.165, 1.54) is 13.0 Å². The van der Waals surface area contributed by atoms with E-state index in [-0.39, 0.29) is 38.5 Å². The van der Waals surface area contributed by atoms with Gasteiger partial charge in [0.1, 0.15) is 17.5 Å². The van der Waals surface area contributed by atoms with Crippen molar-refractivity contribution in [1.82, 2.24) is 4.98 Å².